The van der Waals surface area contributed by atoms with Crippen molar-refractivity contribution in [2.75, 3.05) is 18.0 Å². The molecule has 3 aromatic rings. The average Bonchev–Trinajstić information content (AvgIpc) is 2.68. The first-order valence-electron chi connectivity index (χ1n) is 9.10. The van der Waals surface area contributed by atoms with Gasteiger partial charge in [0.25, 0.3) is 0 Å². The molecule has 1 aliphatic heterocycles. The SMILES string of the molecule is CC1CCN(c2c(S(=O)(=O)c3ccc(Cl)cc3)cnc3ccccc23)CC1. The van der Waals surface area contributed by atoms with E-state index in [1.807, 2.05) is 24.3 Å². The number of piperidine rings is 1. The van der Waals surface area contributed by atoms with Gasteiger partial charge in [0.1, 0.15) is 4.90 Å². The number of nitrogens with zero attached hydrogens (tertiary/aromatic N) is 2. The molecule has 0 atom stereocenters. The van der Waals surface area contributed by atoms with Crippen LogP contribution in [0, 0.1) is 5.92 Å². The van der Waals surface area contributed by atoms with Gasteiger partial charge in [-0.25, -0.2) is 8.42 Å². The normalized spacial score (nSPS) is 16.0. The Bertz CT molecular complexity index is 1070. The van der Waals surface area contributed by atoms with E-state index in [0.717, 1.165) is 42.5 Å². The van der Waals surface area contributed by atoms with Gasteiger partial charge in [0.05, 0.1) is 16.1 Å². The highest BCUT2D eigenvalue weighted by atomic mass is 35.5. The molecule has 4 nitrogen and oxygen atoms in total. The molecule has 1 saturated heterocycles. The lowest BCUT2D eigenvalue weighted by molar-refractivity contribution is 0.437. The van der Waals surface area contributed by atoms with E-state index < -0.39 is 9.84 Å². The number of pyridine rings is 1. The molecule has 27 heavy (non-hydrogen) atoms. The van der Waals surface area contributed by atoms with E-state index in [4.69, 9.17) is 11.6 Å². The van der Waals surface area contributed by atoms with Crippen molar-refractivity contribution in [2.24, 2.45) is 5.92 Å². The number of anilines is 1. The molecule has 0 aliphatic carbocycles. The third-order valence-electron chi connectivity index (χ3n) is 5.23. The molecule has 0 N–H and O–H groups in total. The summed E-state index contributed by atoms with van der Waals surface area (Å²) in [5, 5.41) is 1.39. The Hall–Kier alpha value is -2.11. The van der Waals surface area contributed by atoms with Gasteiger partial charge in [-0.15, -0.1) is 0 Å². The van der Waals surface area contributed by atoms with Crippen LogP contribution in [-0.2, 0) is 9.84 Å². The van der Waals surface area contributed by atoms with Crippen LogP contribution in [0.4, 0.5) is 5.69 Å². The molecular weight excluding hydrogens is 380 g/mol. The summed E-state index contributed by atoms with van der Waals surface area (Å²) in [5.74, 6) is 0.658. The summed E-state index contributed by atoms with van der Waals surface area (Å²) in [6.45, 7) is 3.93. The second kappa shape index (κ2) is 7.13. The molecule has 1 aromatic heterocycles. The molecular formula is C21H21ClN2O2S. The highest BCUT2D eigenvalue weighted by Crippen LogP contribution is 2.37. The molecule has 0 unspecified atom stereocenters. The van der Waals surface area contributed by atoms with Crippen LogP contribution in [-0.4, -0.2) is 26.5 Å². The molecule has 140 valence electrons. The minimum absolute atomic E-state index is 0.232. The van der Waals surface area contributed by atoms with Crippen LogP contribution in [0.2, 0.25) is 5.02 Å². The Morgan fingerprint density at radius 2 is 1.70 bits per heavy atom. The van der Waals surface area contributed by atoms with E-state index in [0.29, 0.717) is 10.9 Å². The van der Waals surface area contributed by atoms with Gasteiger partial charge in [0.2, 0.25) is 9.84 Å². The Morgan fingerprint density at radius 1 is 1.04 bits per heavy atom. The lowest BCUT2D eigenvalue weighted by atomic mass is 9.98. The van der Waals surface area contributed by atoms with Crippen LogP contribution in [0.5, 0.6) is 0 Å². The molecule has 0 amide bonds. The molecule has 0 bridgehead atoms. The highest BCUT2D eigenvalue weighted by molar-refractivity contribution is 7.91. The minimum atomic E-state index is -3.70. The molecule has 2 aromatic carbocycles. The number of aromatic nitrogens is 1. The lowest BCUT2D eigenvalue weighted by Crippen LogP contribution is -2.34. The van der Waals surface area contributed by atoms with Gasteiger partial charge in [-0.05, 0) is 49.1 Å². The fourth-order valence-electron chi connectivity index (χ4n) is 3.60. The van der Waals surface area contributed by atoms with Crippen LogP contribution < -0.4 is 4.90 Å². The van der Waals surface area contributed by atoms with Crippen molar-refractivity contribution >= 4 is 38.0 Å². The number of hydrogen-bond donors (Lipinski definition) is 0. The molecule has 0 radical (unpaired) electrons. The molecule has 1 aliphatic rings. The maximum atomic E-state index is 13.4. The van der Waals surface area contributed by atoms with Crippen molar-refractivity contribution in [1.29, 1.82) is 0 Å². The van der Waals surface area contributed by atoms with E-state index in [2.05, 4.69) is 16.8 Å². The molecule has 4 rings (SSSR count). The minimum Gasteiger partial charge on any atom is -0.370 e. The Morgan fingerprint density at radius 3 is 2.41 bits per heavy atom. The Labute approximate surface area is 164 Å². The van der Waals surface area contributed by atoms with Crippen LogP contribution in [0.1, 0.15) is 19.8 Å². The van der Waals surface area contributed by atoms with E-state index in [1.165, 1.54) is 6.20 Å². The fraction of sp³-hybridized carbons (Fsp3) is 0.286. The summed E-state index contributed by atoms with van der Waals surface area (Å²) in [7, 11) is -3.70. The van der Waals surface area contributed by atoms with Gasteiger partial charge in [-0.2, -0.15) is 0 Å². The second-order valence-corrected chi connectivity index (χ2v) is 9.47. The van der Waals surface area contributed by atoms with Gasteiger partial charge in [-0.1, -0.05) is 36.7 Å². The van der Waals surface area contributed by atoms with Crippen LogP contribution in [0.25, 0.3) is 10.9 Å². The summed E-state index contributed by atoms with van der Waals surface area (Å²) < 4.78 is 26.8. The van der Waals surface area contributed by atoms with Crippen LogP contribution >= 0.6 is 11.6 Å². The van der Waals surface area contributed by atoms with Crippen molar-refractivity contribution < 1.29 is 8.42 Å². The van der Waals surface area contributed by atoms with Gasteiger partial charge in [0.15, 0.2) is 0 Å². The number of hydrogen-bond acceptors (Lipinski definition) is 4. The monoisotopic (exact) mass is 400 g/mol. The first-order chi connectivity index (χ1) is 13.0. The van der Waals surface area contributed by atoms with E-state index in [-0.39, 0.29) is 9.79 Å². The standard InChI is InChI=1S/C21H21ClN2O2S/c1-15-10-12-24(13-11-15)21-18-4-2-3-5-19(18)23-14-20(21)27(25,26)17-8-6-16(22)7-9-17/h2-9,14-15H,10-13H2,1H3. The van der Waals surface area contributed by atoms with Crippen molar-refractivity contribution in [3.05, 3.63) is 59.8 Å². The molecule has 2 heterocycles. The predicted octanol–water partition coefficient (Wildman–Crippen LogP) is 4.96. The van der Waals surface area contributed by atoms with Gasteiger partial charge in [0, 0.05) is 29.7 Å². The van der Waals surface area contributed by atoms with E-state index >= 15 is 0 Å². The van der Waals surface area contributed by atoms with E-state index in [1.54, 1.807) is 24.3 Å². The van der Waals surface area contributed by atoms with Crippen molar-refractivity contribution in [3.63, 3.8) is 0 Å². The molecule has 1 fully saturated rings. The summed E-state index contributed by atoms with van der Waals surface area (Å²) in [4.78, 5) is 7.12. The maximum Gasteiger partial charge on any atom is 0.210 e. The highest BCUT2D eigenvalue weighted by Gasteiger charge is 2.28. The molecule has 6 heteroatoms. The van der Waals surface area contributed by atoms with Crippen molar-refractivity contribution in [2.45, 2.75) is 29.6 Å². The largest absolute Gasteiger partial charge is 0.370 e. The number of para-hydroxylation sites is 1. The zero-order valence-electron chi connectivity index (χ0n) is 15.1. The predicted molar refractivity (Wildman–Crippen MR) is 109 cm³/mol. The van der Waals surface area contributed by atoms with Crippen LogP contribution in [0.15, 0.2) is 64.5 Å². The quantitative estimate of drug-likeness (QED) is 0.623. The summed E-state index contributed by atoms with van der Waals surface area (Å²) in [6.07, 6.45) is 3.60. The first kappa shape index (κ1) is 18.3. The number of benzene rings is 2. The second-order valence-electron chi connectivity index (χ2n) is 7.12. The first-order valence-corrected chi connectivity index (χ1v) is 11.0. The van der Waals surface area contributed by atoms with E-state index in [9.17, 15) is 8.42 Å². The lowest BCUT2D eigenvalue weighted by Gasteiger charge is -2.34. The Balaban J connectivity index is 1.92. The van der Waals surface area contributed by atoms with Gasteiger partial charge < -0.3 is 4.90 Å². The summed E-state index contributed by atoms with van der Waals surface area (Å²) >= 11 is 5.94. The van der Waals surface area contributed by atoms with Gasteiger partial charge in [-0.3, -0.25) is 4.98 Å². The third kappa shape index (κ3) is 3.42. The third-order valence-corrected chi connectivity index (χ3v) is 7.25. The summed E-state index contributed by atoms with van der Waals surface area (Å²) in [6, 6.07) is 14.0. The summed E-state index contributed by atoms with van der Waals surface area (Å²) in [5.41, 5.74) is 1.57. The maximum absolute atomic E-state index is 13.4. The number of rotatable bonds is 3. The van der Waals surface area contributed by atoms with Crippen molar-refractivity contribution in [3.8, 4) is 0 Å². The number of halogens is 1. The smallest absolute Gasteiger partial charge is 0.210 e. The number of sulfone groups is 1. The molecule has 0 saturated carbocycles. The average molecular weight is 401 g/mol. The van der Waals surface area contributed by atoms with Gasteiger partial charge >= 0.3 is 0 Å². The zero-order chi connectivity index (χ0) is 19.0. The fourth-order valence-corrected chi connectivity index (χ4v) is 5.16. The van der Waals surface area contributed by atoms with Crippen molar-refractivity contribution in [1.82, 2.24) is 4.98 Å². The molecule has 0 spiro atoms. The zero-order valence-corrected chi connectivity index (χ0v) is 16.7. The van der Waals surface area contributed by atoms with Crippen LogP contribution in [0.3, 0.4) is 0 Å². The Kier molecular flexibility index (Phi) is 4.82. The topological polar surface area (TPSA) is 50.3 Å². The number of fused-ring (bicyclic) bond motifs is 1.